The minimum atomic E-state index is -0.609. The van der Waals surface area contributed by atoms with Gasteiger partial charge in [-0.25, -0.2) is 4.39 Å². The zero-order chi connectivity index (χ0) is 20.1. The Bertz CT molecular complexity index is 934. The van der Waals surface area contributed by atoms with Crippen molar-refractivity contribution >= 4 is 35.2 Å². The van der Waals surface area contributed by atoms with Gasteiger partial charge < -0.3 is 16.0 Å². The minimum absolute atomic E-state index is 0.0343. The van der Waals surface area contributed by atoms with Gasteiger partial charge >= 0.3 is 0 Å². The lowest BCUT2D eigenvalue weighted by Gasteiger charge is -2.07. The first-order valence-electron chi connectivity index (χ1n) is 8.88. The predicted molar refractivity (Wildman–Crippen MR) is 105 cm³/mol. The molecule has 3 rings (SSSR count). The molecule has 0 atom stereocenters. The summed E-state index contributed by atoms with van der Waals surface area (Å²) in [6.07, 6.45) is 4.88. The van der Waals surface area contributed by atoms with Crippen molar-refractivity contribution < 1.29 is 18.8 Å². The Morgan fingerprint density at radius 3 is 2.39 bits per heavy atom. The zero-order valence-corrected chi connectivity index (χ0v) is 15.3. The summed E-state index contributed by atoms with van der Waals surface area (Å²) in [6, 6.07) is 11.0. The van der Waals surface area contributed by atoms with Crippen LogP contribution >= 0.6 is 0 Å². The van der Waals surface area contributed by atoms with Crippen LogP contribution in [0, 0.1) is 5.82 Å². The summed E-state index contributed by atoms with van der Waals surface area (Å²) in [5, 5.41) is 7.87. The second kappa shape index (κ2) is 8.47. The van der Waals surface area contributed by atoms with Gasteiger partial charge in [0.1, 0.15) is 5.82 Å². The van der Waals surface area contributed by atoms with Gasteiger partial charge in [0, 0.05) is 30.3 Å². The fourth-order valence-electron chi connectivity index (χ4n) is 2.49. The summed E-state index contributed by atoms with van der Waals surface area (Å²) in [4.78, 5) is 35.1. The number of amides is 3. The first-order valence-corrected chi connectivity index (χ1v) is 8.88. The maximum absolute atomic E-state index is 13.9. The van der Waals surface area contributed by atoms with Crippen LogP contribution in [0.5, 0.6) is 0 Å². The van der Waals surface area contributed by atoms with Crippen molar-refractivity contribution in [2.75, 3.05) is 10.6 Å². The van der Waals surface area contributed by atoms with Crippen LogP contribution in [0.3, 0.4) is 0 Å². The molecule has 2 aromatic carbocycles. The van der Waals surface area contributed by atoms with Crippen molar-refractivity contribution in [1.82, 2.24) is 5.32 Å². The van der Waals surface area contributed by atoms with Crippen molar-refractivity contribution in [2.45, 2.75) is 25.8 Å². The third kappa shape index (κ3) is 5.51. The molecular weight excluding hydrogens is 361 g/mol. The molecule has 0 saturated heterocycles. The Balaban J connectivity index is 1.60. The average molecular weight is 381 g/mol. The van der Waals surface area contributed by atoms with E-state index in [1.165, 1.54) is 25.1 Å². The third-order valence-electron chi connectivity index (χ3n) is 4.06. The highest BCUT2D eigenvalue weighted by molar-refractivity contribution is 6.02. The number of hydrogen-bond acceptors (Lipinski definition) is 3. The van der Waals surface area contributed by atoms with Crippen molar-refractivity contribution in [3.63, 3.8) is 0 Å². The van der Waals surface area contributed by atoms with Crippen molar-refractivity contribution in [1.29, 1.82) is 0 Å². The molecule has 0 aromatic heterocycles. The van der Waals surface area contributed by atoms with E-state index < -0.39 is 11.7 Å². The summed E-state index contributed by atoms with van der Waals surface area (Å²) < 4.78 is 13.9. The van der Waals surface area contributed by atoms with Crippen molar-refractivity contribution in [3.05, 3.63) is 65.5 Å². The molecule has 0 heterocycles. The molecule has 0 bridgehead atoms. The molecule has 1 aliphatic rings. The van der Waals surface area contributed by atoms with Gasteiger partial charge in [0.25, 0.3) is 5.91 Å². The lowest BCUT2D eigenvalue weighted by atomic mass is 10.1. The topological polar surface area (TPSA) is 87.3 Å². The number of benzene rings is 2. The van der Waals surface area contributed by atoms with Crippen LogP contribution in [0.15, 0.2) is 48.5 Å². The molecule has 3 amide bonds. The van der Waals surface area contributed by atoms with Crippen LogP contribution in [0.25, 0.3) is 6.08 Å². The van der Waals surface area contributed by atoms with E-state index in [0.29, 0.717) is 17.3 Å². The maximum atomic E-state index is 13.9. The van der Waals surface area contributed by atoms with Crippen LogP contribution in [0.2, 0.25) is 0 Å². The number of hydrogen-bond donors (Lipinski definition) is 3. The molecule has 1 aliphatic carbocycles. The van der Waals surface area contributed by atoms with E-state index in [9.17, 15) is 18.8 Å². The van der Waals surface area contributed by atoms with Crippen LogP contribution in [-0.2, 0) is 9.59 Å². The van der Waals surface area contributed by atoms with E-state index in [1.54, 1.807) is 30.3 Å². The SMILES string of the molecule is CC(=O)Nc1ccc(F)c(NC(=O)/C=C/c2ccc(C(=O)NC3CC3)cc2)c1. The Labute approximate surface area is 161 Å². The van der Waals surface area contributed by atoms with Gasteiger partial charge in [0.15, 0.2) is 0 Å². The normalized spacial score (nSPS) is 13.2. The summed E-state index contributed by atoms with van der Waals surface area (Å²) >= 11 is 0. The fourth-order valence-corrected chi connectivity index (χ4v) is 2.49. The highest BCUT2D eigenvalue weighted by atomic mass is 19.1. The lowest BCUT2D eigenvalue weighted by Crippen LogP contribution is -2.25. The summed E-state index contributed by atoms with van der Waals surface area (Å²) in [7, 11) is 0. The number of anilines is 2. The monoisotopic (exact) mass is 381 g/mol. The minimum Gasteiger partial charge on any atom is -0.349 e. The first kappa shape index (κ1) is 19.3. The van der Waals surface area contributed by atoms with Crippen LogP contribution < -0.4 is 16.0 Å². The molecule has 28 heavy (non-hydrogen) atoms. The van der Waals surface area contributed by atoms with Crippen LogP contribution in [0.1, 0.15) is 35.7 Å². The summed E-state index contributed by atoms with van der Waals surface area (Å²) in [5.74, 6) is -1.53. The smallest absolute Gasteiger partial charge is 0.251 e. The fraction of sp³-hybridized carbons (Fsp3) is 0.190. The summed E-state index contributed by atoms with van der Waals surface area (Å²) in [6.45, 7) is 1.34. The van der Waals surface area contributed by atoms with E-state index in [2.05, 4.69) is 16.0 Å². The Morgan fingerprint density at radius 1 is 1.04 bits per heavy atom. The molecular formula is C21H20FN3O3. The highest BCUT2D eigenvalue weighted by Crippen LogP contribution is 2.20. The van der Waals surface area contributed by atoms with E-state index in [4.69, 9.17) is 0 Å². The quantitative estimate of drug-likeness (QED) is 0.671. The van der Waals surface area contributed by atoms with Gasteiger partial charge in [-0.1, -0.05) is 12.1 Å². The third-order valence-corrected chi connectivity index (χ3v) is 4.06. The largest absolute Gasteiger partial charge is 0.349 e. The Hall–Kier alpha value is -3.48. The molecule has 0 spiro atoms. The number of halogens is 1. The zero-order valence-electron chi connectivity index (χ0n) is 15.3. The molecule has 3 N–H and O–H groups in total. The van der Waals surface area contributed by atoms with Gasteiger partial charge in [0.05, 0.1) is 5.69 Å². The number of rotatable bonds is 6. The first-order chi connectivity index (χ1) is 13.4. The van der Waals surface area contributed by atoms with Gasteiger partial charge in [-0.15, -0.1) is 0 Å². The van der Waals surface area contributed by atoms with Gasteiger partial charge in [-0.2, -0.15) is 0 Å². The molecule has 144 valence electrons. The van der Waals surface area contributed by atoms with Crippen molar-refractivity contribution in [3.8, 4) is 0 Å². The van der Waals surface area contributed by atoms with Gasteiger partial charge in [0.2, 0.25) is 11.8 Å². The summed E-state index contributed by atoms with van der Waals surface area (Å²) in [5.41, 5.74) is 1.64. The Kier molecular flexibility index (Phi) is 5.84. The van der Waals surface area contributed by atoms with Crippen LogP contribution in [0.4, 0.5) is 15.8 Å². The van der Waals surface area contributed by atoms with E-state index in [0.717, 1.165) is 24.5 Å². The predicted octanol–water partition coefficient (Wildman–Crippen LogP) is 3.33. The second-order valence-corrected chi connectivity index (χ2v) is 6.57. The molecule has 6 nitrogen and oxygen atoms in total. The Morgan fingerprint density at radius 2 is 1.75 bits per heavy atom. The van der Waals surface area contributed by atoms with Gasteiger partial charge in [-0.05, 0) is 54.8 Å². The van der Waals surface area contributed by atoms with Crippen molar-refractivity contribution in [2.24, 2.45) is 0 Å². The molecule has 2 aromatic rings. The number of nitrogens with one attached hydrogen (secondary N) is 3. The molecule has 1 saturated carbocycles. The van der Waals surface area contributed by atoms with Crippen LogP contribution in [-0.4, -0.2) is 23.8 Å². The number of carbonyl (C=O) groups is 3. The van der Waals surface area contributed by atoms with Gasteiger partial charge in [-0.3, -0.25) is 14.4 Å². The van der Waals surface area contributed by atoms with E-state index in [1.807, 2.05) is 0 Å². The molecule has 0 unspecified atom stereocenters. The standard InChI is InChI=1S/C21H20FN3O3/c1-13(26)23-17-9-10-18(22)19(12-17)25-20(27)11-4-14-2-5-15(6-3-14)21(28)24-16-7-8-16/h2-6,9-12,16H,7-8H2,1H3,(H,23,26)(H,24,28)(H,25,27)/b11-4+. The molecule has 7 heteroatoms. The molecule has 0 radical (unpaired) electrons. The maximum Gasteiger partial charge on any atom is 0.251 e. The van der Waals surface area contributed by atoms with E-state index in [-0.39, 0.29) is 17.5 Å². The molecule has 0 aliphatic heterocycles. The second-order valence-electron chi connectivity index (χ2n) is 6.57. The number of carbonyl (C=O) groups excluding carboxylic acids is 3. The molecule has 1 fully saturated rings. The van der Waals surface area contributed by atoms with E-state index >= 15 is 0 Å². The lowest BCUT2D eigenvalue weighted by molar-refractivity contribution is -0.114. The highest BCUT2D eigenvalue weighted by Gasteiger charge is 2.23. The average Bonchev–Trinajstić information content (AvgIpc) is 3.47.